The third kappa shape index (κ3) is 6.39. The third-order valence-corrected chi connectivity index (χ3v) is 4.51. The normalized spacial score (nSPS) is 10.4. The lowest BCUT2D eigenvalue weighted by molar-refractivity contribution is 0.102. The van der Waals surface area contributed by atoms with E-state index in [1.807, 2.05) is 66.7 Å². The summed E-state index contributed by atoms with van der Waals surface area (Å²) in [5.74, 6) is 1.24. The highest BCUT2D eigenvalue weighted by Crippen LogP contribution is 2.25. The topological polar surface area (TPSA) is 47.6 Å². The largest absolute Gasteiger partial charge is 0.494 e. The number of rotatable bonds is 10. The Morgan fingerprint density at radius 3 is 2.31 bits per heavy atom. The summed E-state index contributed by atoms with van der Waals surface area (Å²) in [6, 6.07) is 24.6. The van der Waals surface area contributed by atoms with Gasteiger partial charge in [0.1, 0.15) is 18.1 Å². The van der Waals surface area contributed by atoms with Crippen LogP contribution in [0.2, 0.25) is 0 Å². The maximum absolute atomic E-state index is 12.6. The van der Waals surface area contributed by atoms with Gasteiger partial charge in [-0.15, -0.1) is 0 Å². The van der Waals surface area contributed by atoms with Crippen LogP contribution in [0.4, 0.5) is 5.69 Å². The second-order valence-corrected chi connectivity index (χ2v) is 6.80. The number of carbonyl (C=O) groups excluding carboxylic acids is 1. The average Bonchev–Trinajstić information content (AvgIpc) is 2.77. The van der Waals surface area contributed by atoms with Crippen molar-refractivity contribution in [3.63, 3.8) is 0 Å². The van der Waals surface area contributed by atoms with Crippen LogP contribution in [-0.2, 0) is 6.61 Å². The number of benzene rings is 3. The number of hydrogen-bond acceptors (Lipinski definition) is 3. The summed E-state index contributed by atoms with van der Waals surface area (Å²) in [7, 11) is 0. The predicted octanol–water partition coefficient (Wildman–Crippen LogP) is 6.09. The molecule has 0 aromatic heterocycles. The molecule has 0 aliphatic heterocycles. The quantitative estimate of drug-likeness (QED) is 0.427. The van der Waals surface area contributed by atoms with Crippen LogP contribution in [0.3, 0.4) is 0 Å². The summed E-state index contributed by atoms with van der Waals surface area (Å²) in [5, 5.41) is 2.94. The van der Waals surface area contributed by atoms with Gasteiger partial charge in [-0.1, -0.05) is 62.2 Å². The lowest BCUT2D eigenvalue weighted by Gasteiger charge is -2.13. The van der Waals surface area contributed by atoms with Crippen molar-refractivity contribution >= 4 is 11.6 Å². The first-order chi connectivity index (χ1) is 14.3. The molecule has 0 aliphatic carbocycles. The summed E-state index contributed by atoms with van der Waals surface area (Å²) in [4.78, 5) is 12.6. The van der Waals surface area contributed by atoms with Crippen LogP contribution in [0.1, 0.15) is 42.1 Å². The molecular formula is C25H27NO3. The molecule has 0 unspecified atom stereocenters. The van der Waals surface area contributed by atoms with E-state index < -0.39 is 0 Å². The van der Waals surface area contributed by atoms with Crippen LogP contribution in [-0.4, -0.2) is 12.5 Å². The van der Waals surface area contributed by atoms with Gasteiger partial charge in [-0.25, -0.2) is 0 Å². The first kappa shape index (κ1) is 20.5. The van der Waals surface area contributed by atoms with Crippen molar-refractivity contribution in [2.24, 2.45) is 0 Å². The van der Waals surface area contributed by atoms with Crippen LogP contribution < -0.4 is 14.8 Å². The maximum Gasteiger partial charge on any atom is 0.255 e. The molecule has 0 atom stereocenters. The molecule has 29 heavy (non-hydrogen) atoms. The van der Waals surface area contributed by atoms with E-state index in [4.69, 9.17) is 9.47 Å². The number of ether oxygens (including phenoxy) is 2. The zero-order valence-corrected chi connectivity index (χ0v) is 16.8. The Bertz CT molecular complexity index is 891. The smallest absolute Gasteiger partial charge is 0.255 e. The van der Waals surface area contributed by atoms with Gasteiger partial charge in [0.05, 0.1) is 12.3 Å². The standard InChI is InChI=1S/C25H27NO3/c1-2-3-9-18-28-22-16-14-21(15-17-22)25(27)26-23-12-7-8-13-24(23)29-19-20-10-5-4-6-11-20/h4-8,10-17H,2-3,9,18-19H2,1H3,(H,26,27). The lowest BCUT2D eigenvalue weighted by atomic mass is 10.2. The second-order valence-electron chi connectivity index (χ2n) is 6.80. The summed E-state index contributed by atoms with van der Waals surface area (Å²) >= 11 is 0. The Hall–Kier alpha value is -3.27. The highest BCUT2D eigenvalue weighted by molar-refractivity contribution is 6.05. The lowest BCUT2D eigenvalue weighted by Crippen LogP contribution is -2.13. The molecule has 3 rings (SSSR count). The Morgan fingerprint density at radius 2 is 1.55 bits per heavy atom. The predicted molar refractivity (Wildman–Crippen MR) is 117 cm³/mol. The summed E-state index contributed by atoms with van der Waals surface area (Å²) < 4.78 is 11.6. The maximum atomic E-state index is 12.6. The van der Waals surface area contributed by atoms with E-state index in [-0.39, 0.29) is 5.91 Å². The van der Waals surface area contributed by atoms with Gasteiger partial charge >= 0.3 is 0 Å². The van der Waals surface area contributed by atoms with E-state index in [1.54, 1.807) is 12.1 Å². The number of amides is 1. The Labute approximate surface area is 172 Å². The first-order valence-electron chi connectivity index (χ1n) is 10.1. The van der Waals surface area contributed by atoms with Gasteiger partial charge in [0.2, 0.25) is 0 Å². The molecule has 3 aromatic carbocycles. The monoisotopic (exact) mass is 389 g/mol. The van der Waals surface area contributed by atoms with E-state index in [1.165, 1.54) is 6.42 Å². The van der Waals surface area contributed by atoms with Crippen molar-refractivity contribution in [2.45, 2.75) is 32.8 Å². The third-order valence-electron chi connectivity index (χ3n) is 4.51. The Morgan fingerprint density at radius 1 is 0.828 bits per heavy atom. The molecular weight excluding hydrogens is 362 g/mol. The second kappa shape index (κ2) is 10.9. The number of carbonyl (C=O) groups is 1. The molecule has 0 fully saturated rings. The van der Waals surface area contributed by atoms with Crippen molar-refractivity contribution < 1.29 is 14.3 Å². The van der Waals surface area contributed by atoms with Gasteiger partial charge in [-0.05, 0) is 48.4 Å². The van der Waals surface area contributed by atoms with Crippen LogP contribution in [0.15, 0.2) is 78.9 Å². The van der Waals surface area contributed by atoms with Gasteiger partial charge in [-0.3, -0.25) is 4.79 Å². The minimum absolute atomic E-state index is 0.182. The molecule has 4 heteroatoms. The molecule has 3 aromatic rings. The van der Waals surface area contributed by atoms with Crippen molar-refractivity contribution in [1.29, 1.82) is 0 Å². The molecule has 0 radical (unpaired) electrons. The number of para-hydroxylation sites is 2. The molecule has 0 aliphatic rings. The van der Waals surface area contributed by atoms with Gasteiger partial charge < -0.3 is 14.8 Å². The van der Waals surface area contributed by atoms with E-state index >= 15 is 0 Å². The number of anilines is 1. The Kier molecular flexibility index (Phi) is 7.70. The van der Waals surface area contributed by atoms with Gasteiger partial charge in [0.25, 0.3) is 5.91 Å². The SMILES string of the molecule is CCCCCOc1ccc(C(=O)Nc2ccccc2OCc2ccccc2)cc1. The van der Waals surface area contributed by atoms with Gasteiger partial charge in [0.15, 0.2) is 0 Å². The van der Waals surface area contributed by atoms with Crippen LogP contribution in [0.25, 0.3) is 0 Å². The minimum Gasteiger partial charge on any atom is -0.494 e. The van der Waals surface area contributed by atoms with Crippen molar-refractivity contribution in [1.82, 2.24) is 0 Å². The van der Waals surface area contributed by atoms with Gasteiger partial charge in [0, 0.05) is 5.56 Å². The zero-order valence-electron chi connectivity index (χ0n) is 16.8. The Balaban J connectivity index is 1.59. The molecule has 150 valence electrons. The molecule has 0 heterocycles. The van der Waals surface area contributed by atoms with E-state index in [0.29, 0.717) is 30.2 Å². The molecule has 1 N–H and O–H groups in total. The van der Waals surface area contributed by atoms with Gasteiger partial charge in [-0.2, -0.15) is 0 Å². The fourth-order valence-corrected chi connectivity index (χ4v) is 2.87. The molecule has 0 saturated heterocycles. The van der Waals surface area contributed by atoms with Crippen molar-refractivity contribution in [3.05, 3.63) is 90.0 Å². The number of hydrogen-bond donors (Lipinski definition) is 1. The summed E-state index contributed by atoms with van der Waals surface area (Å²) in [6.07, 6.45) is 3.36. The first-order valence-corrected chi connectivity index (χ1v) is 10.1. The van der Waals surface area contributed by atoms with Crippen LogP contribution >= 0.6 is 0 Å². The molecule has 0 spiro atoms. The highest BCUT2D eigenvalue weighted by atomic mass is 16.5. The number of unbranched alkanes of at least 4 members (excludes halogenated alkanes) is 2. The molecule has 0 bridgehead atoms. The minimum atomic E-state index is -0.182. The van der Waals surface area contributed by atoms with Crippen LogP contribution in [0.5, 0.6) is 11.5 Å². The molecule has 1 amide bonds. The molecule has 4 nitrogen and oxygen atoms in total. The van der Waals surface area contributed by atoms with Crippen molar-refractivity contribution in [3.8, 4) is 11.5 Å². The zero-order chi connectivity index (χ0) is 20.3. The number of nitrogens with one attached hydrogen (secondary N) is 1. The van der Waals surface area contributed by atoms with E-state index in [2.05, 4.69) is 12.2 Å². The molecule has 0 saturated carbocycles. The van der Waals surface area contributed by atoms with E-state index in [0.717, 1.165) is 24.2 Å². The summed E-state index contributed by atoms with van der Waals surface area (Å²) in [6.45, 7) is 3.31. The fraction of sp³-hybridized carbons (Fsp3) is 0.240. The highest BCUT2D eigenvalue weighted by Gasteiger charge is 2.10. The van der Waals surface area contributed by atoms with E-state index in [9.17, 15) is 4.79 Å². The van der Waals surface area contributed by atoms with Crippen LogP contribution in [0, 0.1) is 0 Å². The van der Waals surface area contributed by atoms with Crippen molar-refractivity contribution in [2.75, 3.05) is 11.9 Å². The summed E-state index contributed by atoms with van der Waals surface area (Å²) in [5.41, 5.74) is 2.29. The average molecular weight is 389 g/mol. The fourth-order valence-electron chi connectivity index (χ4n) is 2.87.